The predicted octanol–water partition coefficient (Wildman–Crippen LogP) is 3.91. The van der Waals surface area contributed by atoms with Crippen molar-refractivity contribution in [3.63, 3.8) is 0 Å². The molecule has 9 heteroatoms. The van der Waals surface area contributed by atoms with Crippen LogP contribution in [0.3, 0.4) is 0 Å². The van der Waals surface area contributed by atoms with Crippen LogP contribution in [0, 0.1) is 0 Å². The molecule has 1 N–H and O–H groups in total. The van der Waals surface area contributed by atoms with Gasteiger partial charge in [0.25, 0.3) is 0 Å². The van der Waals surface area contributed by atoms with E-state index in [0.717, 1.165) is 30.4 Å². The van der Waals surface area contributed by atoms with Crippen LogP contribution in [0.5, 0.6) is 0 Å². The molecule has 0 bridgehead atoms. The monoisotopic (exact) mass is 507 g/mol. The van der Waals surface area contributed by atoms with Crippen molar-refractivity contribution in [3.8, 4) is 11.4 Å². The van der Waals surface area contributed by atoms with Crippen molar-refractivity contribution in [3.05, 3.63) is 35.2 Å². The Balaban J connectivity index is 0.00000243. The number of hydrogen-bond acceptors (Lipinski definition) is 5. The Bertz CT molecular complexity index is 750. The molecule has 26 heavy (non-hydrogen) atoms. The number of nitrogens with one attached hydrogen (secondary N) is 1. The van der Waals surface area contributed by atoms with Gasteiger partial charge in [0.2, 0.25) is 11.7 Å². The van der Waals surface area contributed by atoms with E-state index < -0.39 is 0 Å². The molecule has 0 aliphatic carbocycles. The van der Waals surface area contributed by atoms with Gasteiger partial charge in [-0.3, -0.25) is 4.99 Å². The minimum Gasteiger partial charge on any atom is -0.347 e. The van der Waals surface area contributed by atoms with E-state index in [4.69, 9.17) is 16.1 Å². The van der Waals surface area contributed by atoms with Crippen LogP contribution in [0.1, 0.15) is 19.7 Å². The van der Waals surface area contributed by atoms with E-state index in [2.05, 4.69) is 39.2 Å². The Morgan fingerprint density at radius 1 is 1.38 bits per heavy atom. The highest BCUT2D eigenvalue weighted by atomic mass is 127. The first kappa shape index (κ1) is 21.3. The van der Waals surface area contributed by atoms with E-state index in [-0.39, 0.29) is 28.7 Å². The molecule has 1 aliphatic heterocycles. The van der Waals surface area contributed by atoms with Crippen LogP contribution in [0.2, 0.25) is 5.02 Å². The molecule has 1 aromatic carbocycles. The number of guanidine groups is 1. The molecular weight excluding hydrogens is 485 g/mol. The van der Waals surface area contributed by atoms with E-state index in [1.165, 1.54) is 0 Å². The summed E-state index contributed by atoms with van der Waals surface area (Å²) in [5.74, 6) is 3.03. The van der Waals surface area contributed by atoms with Crippen molar-refractivity contribution in [2.45, 2.75) is 25.1 Å². The highest BCUT2D eigenvalue weighted by Crippen LogP contribution is 2.29. The molecule has 1 saturated heterocycles. The molecule has 1 aromatic heterocycles. The van der Waals surface area contributed by atoms with E-state index in [1.54, 1.807) is 7.05 Å². The van der Waals surface area contributed by atoms with Crippen LogP contribution in [0.4, 0.5) is 0 Å². The quantitative estimate of drug-likeness (QED) is 0.386. The fraction of sp³-hybridized carbons (Fsp3) is 0.471. The second kappa shape index (κ2) is 9.27. The summed E-state index contributed by atoms with van der Waals surface area (Å²) in [4.78, 5) is 11.1. The van der Waals surface area contributed by atoms with Gasteiger partial charge < -0.3 is 14.7 Å². The lowest BCUT2D eigenvalue weighted by Gasteiger charge is -2.39. The smallest absolute Gasteiger partial charge is 0.246 e. The number of aromatic nitrogens is 2. The Morgan fingerprint density at radius 3 is 2.77 bits per heavy atom. The maximum atomic E-state index is 5.91. The summed E-state index contributed by atoms with van der Waals surface area (Å²) in [5.41, 5.74) is 0.874. The van der Waals surface area contributed by atoms with Crippen molar-refractivity contribution in [2.75, 3.05) is 25.9 Å². The molecule has 0 atom stereocenters. The third kappa shape index (κ3) is 5.50. The molecule has 0 spiro atoms. The first-order valence-electron chi connectivity index (χ1n) is 8.15. The number of aliphatic imine (C=N–C) groups is 1. The van der Waals surface area contributed by atoms with Gasteiger partial charge in [0.15, 0.2) is 5.96 Å². The summed E-state index contributed by atoms with van der Waals surface area (Å²) in [6, 6.07) is 7.36. The number of hydrogen-bond donors (Lipinski definition) is 1. The van der Waals surface area contributed by atoms with Gasteiger partial charge in [-0.25, -0.2) is 0 Å². The van der Waals surface area contributed by atoms with Gasteiger partial charge in [0.1, 0.15) is 0 Å². The minimum absolute atomic E-state index is 0. The van der Waals surface area contributed by atoms with Crippen molar-refractivity contribution < 1.29 is 4.52 Å². The summed E-state index contributed by atoms with van der Waals surface area (Å²) in [7, 11) is 1.80. The number of thioether (sulfide) groups is 1. The Kier molecular flexibility index (Phi) is 7.60. The first-order chi connectivity index (χ1) is 12.0. The molecule has 2 heterocycles. The zero-order valence-corrected chi connectivity index (χ0v) is 18.9. The van der Waals surface area contributed by atoms with Gasteiger partial charge in [-0.1, -0.05) is 16.8 Å². The molecule has 6 nitrogen and oxygen atoms in total. The number of benzene rings is 1. The Hall–Kier alpha value is -1.000. The van der Waals surface area contributed by atoms with Crippen LogP contribution < -0.4 is 5.32 Å². The fourth-order valence-electron chi connectivity index (χ4n) is 2.73. The maximum Gasteiger partial charge on any atom is 0.246 e. The third-order valence-corrected chi connectivity index (χ3v) is 5.45. The zero-order valence-electron chi connectivity index (χ0n) is 15.0. The second-order valence-corrected chi connectivity index (χ2v) is 8.69. The number of rotatable bonds is 3. The topological polar surface area (TPSA) is 66.5 Å². The first-order valence-corrected chi connectivity index (χ1v) is 9.51. The lowest BCUT2D eigenvalue weighted by Crippen LogP contribution is -2.50. The van der Waals surface area contributed by atoms with Crippen LogP contribution in [-0.4, -0.2) is 51.6 Å². The molecule has 1 aliphatic rings. The van der Waals surface area contributed by atoms with Gasteiger partial charge in [-0.05, 0) is 38.1 Å². The van der Waals surface area contributed by atoms with E-state index in [9.17, 15) is 0 Å². The minimum atomic E-state index is 0. The summed E-state index contributed by atoms with van der Waals surface area (Å²) in [6.07, 6.45) is 0. The fourth-order valence-corrected chi connectivity index (χ4v) is 3.96. The van der Waals surface area contributed by atoms with E-state index in [0.29, 0.717) is 23.3 Å². The number of halogens is 2. The van der Waals surface area contributed by atoms with E-state index >= 15 is 0 Å². The average molecular weight is 508 g/mol. The predicted molar refractivity (Wildman–Crippen MR) is 118 cm³/mol. The normalized spacial score (nSPS) is 16.9. The molecular formula is C17H23ClIN5OS. The van der Waals surface area contributed by atoms with Crippen LogP contribution >= 0.6 is 47.3 Å². The van der Waals surface area contributed by atoms with Crippen molar-refractivity contribution in [1.82, 2.24) is 20.4 Å². The summed E-state index contributed by atoms with van der Waals surface area (Å²) in [5, 5.41) is 8.03. The molecule has 142 valence electrons. The largest absolute Gasteiger partial charge is 0.347 e. The molecule has 0 unspecified atom stereocenters. The third-order valence-electron chi connectivity index (χ3n) is 3.91. The summed E-state index contributed by atoms with van der Waals surface area (Å²) in [6.45, 7) is 6.89. The average Bonchev–Trinajstić information content (AvgIpc) is 3.04. The van der Waals surface area contributed by atoms with Gasteiger partial charge in [-0.2, -0.15) is 16.7 Å². The molecule has 1 fully saturated rings. The number of nitrogens with zero attached hydrogens (tertiary/aromatic N) is 4. The Labute approximate surface area is 180 Å². The zero-order chi connectivity index (χ0) is 17.9. The van der Waals surface area contributed by atoms with Crippen LogP contribution in [0.25, 0.3) is 11.4 Å². The molecule has 0 radical (unpaired) electrons. The molecule has 0 saturated carbocycles. The highest BCUT2D eigenvalue weighted by Gasteiger charge is 2.28. The summed E-state index contributed by atoms with van der Waals surface area (Å²) < 4.78 is 5.56. The Morgan fingerprint density at radius 2 is 2.12 bits per heavy atom. The lowest BCUT2D eigenvalue weighted by molar-refractivity contribution is 0.357. The van der Waals surface area contributed by atoms with Gasteiger partial charge in [-0.15, -0.1) is 24.0 Å². The lowest BCUT2D eigenvalue weighted by atomic mass is 10.2. The molecule has 0 amide bonds. The molecule has 2 aromatic rings. The van der Waals surface area contributed by atoms with Crippen LogP contribution in [-0.2, 0) is 6.54 Å². The SMILES string of the molecule is CN=C(NCc1nc(-c2ccc(Cl)cc2)no1)N1CCSC(C)(C)C1.I. The highest BCUT2D eigenvalue weighted by molar-refractivity contribution is 14.0. The van der Waals surface area contributed by atoms with E-state index in [1.807, 2.05) is 36.0 Å². The molecule has 3 rings (SSSR count). The van der Waals surface area contributed by atoms with Gasteiger partial charge >= 0.3 is 0 Å². The summed E-state index contributed by atoms with van der Waals surface area (Å²) >= 11 is 7.90. The van der Waals surface area contributed by atoms with Gasteiger partial charge in [0, 0.05) is 41.2 Å². The maximum absolute atomic E-state index is 5.91. The van der Waals surface area contributed by atoms with Gasteiger partial charge in [0.05, 0.1) is 6.54 Å². The van der Waals surface area contributed by atoms with Crippen molar-refractivity contribution in [1.29, 1.82) is 0 Å². The van der Waals surface area contributed by atoms with Crippen molar-refractivity contribution in [2.24, 2.45) is 4.99 Å². The second-order valence-electron chi connectivity index (χ2n) is 6.45. The standard InChI is InChI=1S/C17H22ClN5OS.HI/c1-17(2)11-23(8-9-25-17)16(19-3)20-10-14-21-15(22-24-14)12-4-6-13(18)7-5-12;/h4-7H,8-11H2,1-3H3,(H,19,20);1H. The van der Waals surface area contributed by atoms with Crippen LogP contribution in [0.15, 0.2) is 33.8 Å². The van der Waals surface area contributed by atoms with Crippen molar-refractivity contribution >= 4 is 53.3 Å².